The second kappa shape index (κ2) is 10.6. The number of nitrogens with one attached hydrogen (secondary N) is 1. The molecule has 3 aromatic rings. The van der Waals surface area contributed by atoms with Crippen molar-refractivity contribution in [1.29, 1.82) is 0 Å². The van der Waals surface area contributed by atoms with E-state index in [4.69, 9.17) is 9.47 Å². The molecular weight excluding hydrogens is 456 g/mol. The molecule has 1 N–H and O–H groups in total. The van der Waals surface area contributed by atoms with E-state index in [1.807, 2.05) is 11.3 Å². The number of benzene rings is 1. The molecule has 2 heterocycles. The average molecular weight is 487 g/mol. The van der Waals surface area contributed by atoms with Crippen LogP contribution in [0.15, 0.2) is 28.7 Å². The number of aromatic nitrogens is 3. The highest BCUT2D eigenvalue weighted by Crippen LogP contribution is 2.38. The molecule has 0 radical (unpaired) electrons. The number of thioether (sulfide) groups is 1. The van der Waals surface area contributed by atoms with Gasteiger partial charge in [0.15, 0.2) is 11.0 Å². The zero-order valence-corrected chi connectivity index (χ0v) is 21.1. The molecule has 1 aliphatic carbocycles. The number of amides is 1. The Labute approximate surface area is 202 Å². The summed E-state index contributed by atoms with van der Waals surface area (Å²) in [7, 11) is 3.16. The topological polar surface area (TPSA) is 78.3 Å². The number of methoxy groups -OCH3 is 2. The van der Waals surface area contributed by atoms with Gasteiger partial charge in [0.1, 0.15) is 11.5 Å². The number of carbonyl (C=O) groups excluding carboxylic acids is 1. The number of rotatable bonds is 9. The summed E-state index contributed by atoms with van der Waals surface area (Å²) in [5.41, 5.74) is 3.25. The first-order chi connectivity index (χ1) is 16.0. The number of nitrogens with zero attached hydrogens (tertiary/aromatic N) is 3. The molecule has 176 valence electrons. The van der Waals surface area contributed by atoms with Gasteiger partial charge in [0, 0.05) is 28.4 Å². The van der Waals surface area contributed by atoms with Gasteiger partial charge in [0.05, 0.1) is 25.7 Å². The number of fused-ring (bicyclic) bond motifs is 1. The van der Waals surface area contributed by atoms with E-state index in [1.165, 1.54) is 34.2 Å². The van der Waals surface area contributed by atoms with E-state index in [-0.39, 0.29) is 11.7 Å². The van der Waals surface area contributed by atoms with Gasteiger partial charge in [-0.25, -0.2) is 0 Å². The van der Waals surface area contributed by atoms with Crippen molar-refractivity contribution in [3.63, 3.8) is 0 Å². The van der Waals surface area contributed by atoms with E-state index in [1.54, 1.807) is 32.4 Å². The van der Waals surface area contributed by atoms with E-state index in [9.17, 15) is 4.79 Å². The van der Waals surface area contributed by atoms with Crippen molar-refractivity contribution in [2.75, 3.05) is 25.3 Å². The monoisotopic (exact) mass is 486 g/mol. The minimum Gasteiger partial charge on any atom is -0.497 e. The number of hydrogen-bond donors (Lipinski definition) is 1. The maximum absolute atomic E-state index is 12.7. The number of ether oxygens (including phenoxy) is 2. The van der Waals surface area contributed by atoms with Crippen molar-refractivity contribution in [1.82, 2.24) is 14.8 Å². The summed E-state index contributed by atoms with van der Waals surface area (Å²) in [6.07, 6.45) is 4.44. The fraction of sp³-hybridized carbons (Fsp3) is 0.458. The lowest BCUT2D eigenvalue weighted by Crippen LogP contribution is -2.15. The molecule has 1 aliphatic rings. The van der Waals surface area contributed by atoms with Crippen molar-refractivity contribution < 1.29 is 14.3 Å². The molecule has 0 bridgehead atoms. The Hall–Kier alpha value is -2.52. The second-order valence-electron chi connectivity index (χ2n) is 8.26. The Kier molecular flexibility index (Phi) is 7.60. The second-order valence-corrected chi connectivity index (χ2v) is 10.2. The fourth-order valence-electron chi connectivity index (χ4n) is 4.10. The third kappa shape index (κ3) is 5.19. The van der Waals surface area contributed by atoms with Gasteiger partial charge in [0.2, 0.25) is 5.91 Å². The van der Waals surface area contributed by atoms with Crippen molar-refractivity contribution >= 4 is 34.7 Å². The summed E-state index contributed by atoms with van der Waals surface area (Å²) in [4.78, 5) is 14.1. The number of anilines is 1. The van der Waals surface area contributed by atoms with Crippen LogP contribution >= 0.6 is 23.1 Å². The van der Waals surface area contributed by atoms with Crippen LogP contribution in [0.3, 0.4) is 0 Å². The zero-order valence-electron chi connectivity index (χ0n) is 19.5. The minimum atomic E-state index is -0.127. The first-order valence-electron chi connectivity index (χ1n) is 11.2. The molecule has 9 heteroatoms. The quantitative estimate of drug-likeness (QED) is 0.414. The van der Waals surface area contributed by atoms with Gasteiger partial charge in [-0.3, -0.25) is 4.79 Å². The Balaban J connectivity index is 1.48. The first kappa shape index (κ1) is 23.6. The number of hydrogen-bond acceptors (Lipinski definition) is 7. The van der Waals surface area contributed by atoms with Gasteiger partial charge in [-0.05, 0) is 49.3 Å². The molecule has 1 atom stereocenters. The highest BCUT2D eigenvalue weighted by Gasteiger charge is 2.24. The van der Waals surface area contributed by atoms with E-state index < -0.39 is 0 Å². The molecule has 1 aromatic carbocycles. The maximum Gasteiger partial charge on any atom is 0.234 e. The van der Waals surface area contributed by atoms with Crippen molar-refractivity contribution in [2.24, 2.45) is 5.92 Å². The Morgan fingerprint density at radius 1 is 1.30 bits per heavy atom. The van der Waals surface area contributed by atoms with Crippen LogP contribution in [0.25, 0.3) is 11.4 Å². The first-order valence-corrected chi connectivity index (χ1v) is 13.1. The molecule has 4 rings (SSSR count). The molecule has 0 fully saturated rings. The summed E-state index contributed by atoms with van der Waals surface area (Å²) in [5.74, 6) is 2.99. The van der Waals surface area contributed by atoms with Gasteiger partial charge < -0.3 is 19.4 Å². The minimum absolute atomic E-state index is 0.127. The van der Waals surface area contributed by atoms with Crippen LogP contribution in [-0.2, 0) is 24.2 Å². The Bertz CT molecular complexity index is 1130. The highest BCUT2D eigenvalue weighted by molar-refractivity contribution is 7.99. The highest BCUT2D eigenvalue weighted by atomic mass is 32.2. The van der Waals surface area contributed by atoms with Crippen LogP contribution in [0.2, 0.25) is 0 Å². The predicted octanol–water partition coefficient (Wildman–Crippen LogP) is 5.29. The van der Waals surface area contributed by atoms with Crippen LogP contribution in [0.5, 0.6) is 11.5 Å². The largest absolute Gasteiger partial charge is 0.497 e. The Morgan fingerprint density at radius 2 is 2.15 bits per heavy atom. The molecule has 0 saturated heterocycles. The van der Waals surface area contributed by atoms with Crippen LogP contribution in [0, 0.1) is 5.92 Å². The molecule has 0 saturated carbocycles. The summed E-state index contributed by atoms with van der Waals surface area (Å²) in [6, 6.07) is 5.31. The van der Waals surface area contributed by atoms with Crippen LogP contribution in [0.1, 0.15) is 37.1 Å². The smallest absolute Gasteiger partial charge is 0.234 e. The molecule has 0 aliphatic heterocycles. The average Bonchev–Trinajstić information content (AvgIpc) is 3.41. The predicted molar refractivity (Wildman–Crippen MR) is 134 cm³/mol. The maximum atomic E-state index is 12.7. The normalized spacial score (nSPS) is 15.2. The lowest BCUT2D eigenvalue weighted by atomic mass is 9.88. The van der Waals surface area contributed by atoms with Gasteiger partial charge in [-0.1, -0.05) is 25.6 Å². The number of thiophene rings is 1. The summed E-state index contributed by atoms with van der Waals surface area (Å²) in [5, 5.41) is 14.9. The van der Waals surface area contributed by atoms with Gasteiger partial charge in [-0.15, -0.1) is 21.5 Å². The van der Waals surface area contributed by atoms with Crippen LogP contribution in [-0.4, -0.2) is 40.6 Å². The molecule has 33 heavy (non-hydrogen) atoms. The third-order valence-electron chi connectivity index (χ3n) is 5.82. The van der Waals surface area contributed by atoms with Crippen molar-refractivity contribution in [3.05, 3.63) is 34.0 Å². The van der Waals surface area contributed by atoms with Crippen LogP contribution < -0.4 is 14.8 Å². The molecule has 1 amide bonds. The van der Waals surface area contributed by atoms with E-state index in [2.05, 4.69) is 39.3 Å². The SMILES string of the molecule is CCCn1c(SCC(=O)Nc2ccc(OC)cc2OC)nnc1-c1csc2c1CCC(C)C2. The summed E-state index contributed by atoms with van der Waals surface area (Å²) >= 11 is 3.25. The van der Waals surface area contributed by atoms with Crippen LogP contribution in [0.4, 0.5) is 5.69 Å². The van der Waals surface area contributed by atoms with Gasteiger partial charge >= 0.3 is 0 Å². The summed E-state index contributed by atoms with van der Waals surface area (Å²) in [6.45, 7) is 5.29. The lowest BCUT2D eigenvalue weighted by Gasteiger charge is -2.19. The molecular formula is C24H30N4O3S2. The van der Waals surface area contributed by atoms with Crippen molar-refractivity contribution in [3.8, 4) is 22.9 Å². The van der Waals surface area contributed by atoms with E-state index >= 15 is 0 Å². The third-order valence-corrected chi connectivity index (χ3v) is 7.84. The molecule has 1 unspecified atom stereocenters. The molecule has 7 nitrogen and oxygen atoms in total. The lowest BCUT2D eigenvalue weighted by molar-refractivity contribution is -0.113. The molecule has 0 spiro atoms. The zero-order chi connectivity index (χ0) is 23.4. The number of carbonyl (C=O) groups is 1. The Morgan fingerprint density at radius 3 is 2.91 bits per heavy atom. The van der Waals surface area contributed by atoms with Gasteiger partial charge in [0.25, 0.3) is 0 Å². The van der Waals surface area contributed by atoms with Gasteiger partial charge in [-0.2, -0.15) is 0 Å². The van der Waals surface area contributed by atoms with Crippen molar-refractivity contribution in [2.45, 2.75) is 51.2 Å². The standard InChI is InChI=1S/C24H30N4O3S2/c1-5-10-28-23(18-13-32-21-11-15(2)6-8-17(18)21)26-27-24(28)33-14-22(29)25-19-9-7-16(30-3)12-20(19)31-4/h7,9,12-13,15H,5-6,8,10-11,14H2,1-4H3,(H,25,29). The summed E-state index contributed by atoms with van der Waals surface area (Å²) < 4.78 is 12.7. The van der Waals surface area contributed by atoms with E-state index in [0.29, 0.717) is 17.2 Å². The molecule has 2 aromatic heterocycles. The fourth-order valence-corrected chi connectivity index (χ4v) is 6.11. The van der Waals surface area contributed by atoms with E-state index in [0.717, 1.165) is 42.7 Å².